The van der Waals surface area contributed by atoms with Crippen LogP contribution in [0.1, 0.15) is 35.6 Å². The first-order valence-corrected chi connectivity index (χ1v) is 8.70. The van der Waals surface area contributed by atoms with Crippen LogP contribution in [0.4, 0.5) is 19.0 Å². The Kier molecular flexibility index (Phi) is 4.51. The first-order valence-electron chi connectivity index (χ1n) is 8.70. The lowest BCUT2D eigenvalue weighted by Crippen LogP contribution is -2.18. The van der Waals surface area contributed by atoms with Crippen molar-refractivity contribution in [2.24, 2.45) is 0 Å². The van der Waals surface area contributed by atoms with Gasteiger partial charge in [0.15, 0.2) is 0 Å². The second kappa shape index (κ2) is 6.98. The van der Waals surface area contributed by atoms with Gasteiger partial charge in [-0.2, -0.15) is 18.3 Å². The van der Waals surface area contributed by atoms with E-state index in [1.807, 2.05) is 18.3 Å². The number of nitrogens with zero attached hydrogens (tertiary/aromatic N) is 3. The number of benzene rings is 1. The Morgan fingerprint density at radius 2 is 1.81 bits per heavy atom. The number of fused-ring (bicyclic) bond motifs is 1. The normalized spacial score (nSPS) is 16.6. The number of rotatable bonds is 3. The molecule has 0 aliphatic heterocycles. The standard InChI is InChI=1S/C20H17F3N4/c21-20(22,23)16-6-4-13(5-7-16)15-10-19(27-25-12-15)26-18-3-1-2-14-11-24-9-8-17(14)18/h4-12,18H,1-3H2,(H,26,27). The average Bonchev–Trinajstić information content (AvgIpc) is 2.68. The van der Waals surface area contributed by atoms with E-state index in [-0.39, 0.29) is 6.04 Å². The Morgan fingerprint density at radius 3 is 2.59 bits per heavy atom. The largest absolute Gasteiger partial charge is 0.416 e. The van der Waals surface area contributed by atoms with Crippen molar-refractivity contribution in [2.45, 2.75) is 31.5 Å². The molecule has 0 bridgehead atoms. The smallest absolute Gasteiger partial charge is 0.362 e. The average molecular weight is 370 g/mol. The van der Waals surface area contributed by atoms with E-state index in [1.165, 1.54) is 23.3 Å². The summed E-state index contributed by atoms with van der Waals surface area (Å²) in [7, 11) is 0. The number of alkyl halides is 3. The molecule has 1 aromatic carbocycles. The molecule has 3 aromatic rings. The maximum atomic E-state index is 12.7. The lowest BCUT2D eigenvalue weighted by Gasteiger charge is -2.26. The van der Waals surface area contributed by atoms with Crippen LogP contribution in [0.25, 0.3) is 11.1 Å². The van der Waals surface area contributed by atoms with Crippen LogP contribution in [-0.2, 0) is 12.6 Å². The Balaban J connectivity index is 1.57. The number of nitrogens with one attached hydrogen (secondary N) is 1. The summed E-state index contributed by atoms with van der Waals surface area (Å²) in [4.78, 5) is 4.18. The molecule has 0 amide bonds. The van der Waals surface area contributed by atoms with Crippen molar-refractivity contribution in [2.75, 3.05) is 5.32 Å². The Morgan fingerprint density at radius 1 is 1.00 bits per heavy atom. The van der Waals surface area contributed by atoms with Gasteiger partial charge in [-0.05, 0) is 60.2 Å². The summed E-state index contributed by atoms with van der Waals surface area (Å²) >= 11 is 0. The van der Waals surface area contributed by atoms with Gasteiger partial charge in [0.05, 0.1) is 17.8 Å². The van der Waals surface area contributed by atoms with E-state index in [1.54, 1.807) is 12.4 Å². The Bertz CT molecular complexity index is 938. The van der Waals surface area contributed by atoms with Crippen LogP contribution in [0.3, 0.4) is 0 Å². The van der Waals surface area contributed by atoms with Gasteiger partial charge in [-0.3, -0.25) is 4.98 Å². The molecule has 7 heteroatoms. The first kappa shape index (κ1) is 17.5. The highest BCUT2D eigenvalue weighted by atomic mass is 19.4. The minimum atomic E-state index is -4.34. The molecule has 2 heterocycles. The summed E-state index contributed by atoms with van der Waals surface area (Å²) in [5, 5.41) is 11.5. The molecule has 1 N–H and O–H groups in total. The summed E-state index contributed by atoms with van der Waals surface area (Å²) < 4.78 is 38.2. The third kappa shape index (κ3) is 3.77. The first-order chi connectivity index (χ1) is 13.0. The number of anilines is 1. The van der Waals surface area contributed by atoms with Crippen molar-refractivity contribution in [1.82, 2.24) is 15.2 Å². The van der Waals surface area contributed by atoms with Crippen molar-refractivity contribution >= 4 is 5.82 Å². The fourth-order valence-corrected chi connectivity index (χ4v) is 3.41. The minimum Gasteiger partial charge on any atom is -0.362 e. The summed E-state index contributed by atoms with van der Waals surface area (Å²) in [5.74, 6) is 0.599. The van der Waals surface area contributed by atoms with Gasteiger partial charge in [0.1, 0.15) is 5.82 Å². The maximum Gasteiger partial charge on any atom is 0.416 e. The monoisotopic (exact) mass is 370 g/mol. The molecule has 27 heavy (non-hydrogen) atoms. The third-order valence-electron chi connectivity index (χ3n) is 4.78. The predicted molar refractivity (Wildman–Crippen MR) is 96.0 cm³/mol. The van der Waals surface area contributed by atoms with Crippen LogP contribution in [0.15, 0.2) is 55.0 Å². The van der Waals surface area contributed by atoms with E-state index in [9.17, 15) is 13.2 Å². The predicted octanol–water partition coefficient (Wildman–Crippen LogP) is 5.05. The molecule has 0 radical (unpaired) electrons. The molecular weight excluding hydrogens is 353 g/mol. The van der Waals surface area contributed by atoms with Gasteiger partial charge in [0.25, 0.3) is 0 Å². The molecule has 1 aliphatic carbocycles. The highest BCUT2D eigenvalue weighted by Gasteiger charge is 2.30. The molecule has 0 saturated heterocycles. The number of aromatic nitrogens is 3. The highest BCUT2D eigenvalue weighted by Crippen LogP contribution is 2.33. The zero-order valence-corrected chi connectivity index (χ0v) is 14.4. The lowest BCUT2D eigenvalue weighted by molar-refractivity contribution is -0.137. The molecule has 2 aromatic heterocycles. The number of aryl methyl sites for hydroxylation is 1. The van der Waals surface area contributed by atoms with Crippen molar-refractivity contribution in [1.29, 1.82) is 0 Å². The van der Waals surface area contributed by atoms with Crippen molar-refractivity contribution in [3.63, 3.8) is 0 Å². The summed E-state index contributed by atoms with van der Waals surface area (Å²) in [6.45, 7) is 0. The van der Waals surface area contributed by atoms with Gasteiger partial charge in [0, 0.05) is 18.0 Å². The lowest BCUT2D eigenvalue weighted by atomic mass is 9.89. The molecule has 0 fully saturated rings. The van der Waals surface area contributed by atoms with Crippen LogP contribution in [0, 0.1) is 0 Å². The second-order valence-corrected chi connectivity index (χ2v) is 6.57. The number of hydrogen-bond donors (Lipinski definition) is 1. The molecule has 1 aliphatic rings. The Labute approximate surface area is 154 Å². The zero-order valence-electron chi connectivity index (χ0n) is 14.4. The van der Waals surface area contributed by atoms with Crippen molar-refractivity contribution in [3.8, 4) is 11.1 Å². The summed E-state index contributed by atoms with van der Waals surface area (Å²) in [6.07, 6.45) is 3.93. The molecular formula is C20H17F3N4. The molecule has 4 rings (SSSR count). The number of pyridine rings is 1. The zero-order chi connectivity index (χ0) is 18.9. The molecule has 1 atom stereocenters. The molecule has 1 unspecified atom stereocenters. The van der Waals surface area contributed by atoms with Gasteiger partial charge in [0.2, 0.25) is 0 Å². The summed E-state index contributed by atoms with van der Waals surface area (Å²) in [6, 6.07) is 9.00. The van der Waals surface area contributed by atoms with Crippen LogP contribution >= 0.6 is 0 Å². The SMILES string of the molecule is FC(F)(F)c1ccc(-c2cnnc(NC3CCCc4cnccc43)c2)cc1. The van der Waals surface area contributed by atoms with E-state index in [2.05, 4.69) is 20.5 Å². The number of hydrogen-bond acceptors (Lipinski definition) is 4. The van der Waals surface area contributed by atoms with Crippen LogP contribution < -0.4 is 5.32 Å². The van der Waals surface area contributed by atoms with Crippen molar-refractivity contribution in [3.05, 3.63) is 71.7 Å². The fraction of sp³-hybridized carbons (Fsp3) is 0.250. The summed E-state index contributed by atoms with van der Waals surface area (Å²) in [5.41, 5.74) is 3.14. The van der Waals surface area contributed by atoms with Gasteiger partial charge >= 0.3 is 6.18 Å². The van der Waals surface area contributed by atoms with Gasteiger partial charge < -0.3 is 5.32 Å². The van der Waals surface area contributed by atoms with E-state index in [0.717, 1.165) is 31.4 Å². The number of halogens is 3. The van der Waals surface area contributed by atoms with Crippen LogP contribution in [0.2, 0.25) is 0 Å². The Hall–Kier alpha value is -2.96. The van der Waals surface area contributed by atoms with E-state index in [4.69, 9.17) is 0 Å². The van der Waals surface area contributed by atoms with E-state index in [0.29, 0.717) is 16.9 Å². The third-order valence-corrected chi connectivity index (χ3v) is 4.78. The van der Waals surface area contributed by atoms with E-state index < -0.39 is 11.7 Å². The fourth-order valence-electron chi connectivity index (χ4n) is 3.41. The van der Waals surface area contributed by atoms with E-state index >= 15 is 0 Å². The van der Waals surface area contributed by atoms with Gasteiger partial charge in [-0.15, -0.1) is 5.10 Å². The highest BCUT2D eigenvalue weighted by molar-refractivity contribution is 5.65. The molecule has 0 saturated carbocycles. The molecule has 138 valence electrons. The second-order valence-electron chi connectivity index (χ2n) is 6.57. The van der Waals surface area contributed by atoms with Crippen LogP contribution in [0.5, 0.6) is 0 Å². The maximum absolute atomic E-state index is 12.7. The van der Waals surface area contributed by atoms with Crippen molar-refractivity contribution < 1.29 is 13.2 Å². The minimum absolute atomic E-state index is 0.119. The van der Waals surface area contributed by atoms with Gasteiger partial charge in [-0.25, -0.2) is 0 Å². The molecule has 4 nitrogen and oxygen atoms in total. The van der Waals surface area contributed by atoms with Gasteiger partial charge in [-0.1, -0.05) is 12.1 Å². The quantitative estimate of drug-likeness (QED) is 0.701. The van der Waals surface area contributed by atoms with Crippen LogP contribution in [-0.4, -0.2) is 15.2 Å². The molecule has 0 spiro atoms. The topological polar surface area (TPSA) is 50.7 Å².